The Labute approximate surface area is 203 Å². The van der Waals surface area contributed by atoms with Gasteiger partial charge >= 0.3 is 5.97 Å². The smallest absolute Gasteiger partial charge is 0.335 e. The molecule has 0 aromatic carbocycles. The molecule has 6 nitrogen and oxygen atoms in total. The van der Waals surface area contributed by atoms with Gasteiger partial charge in [0.1, 0.15) is 0 Å². The minimum Gasteiger partial charge on any atom is -0.463 e. The van der Waals surface area contributed by atoms with Gasteiger partial charge in [-0.2, -0.15) is 0 Å². The second kappa shape index (κ2) is 16.0. The Bertz CT molecular complexity index is 849. The first-order chi connectivity index (χ1) is 16.2. The lowest BCUT2D eigenvalue weighted by Gasteiger charge is -2.29. The summed E-state index contributed by atoms with van der Waals surface area (Å²) in [7, 11) is 0. The number of rotatable bonds is 14. The highest BCUT2D eigenvalue weighted by Crippen LogP contribution is 2.31. The molecule has 2 unspecified atom stereocenters. The van der Waals surface area contributed by atoms with Gasteiger partial charge in [-0.1, -0.05) is 38.0 Å². The molecule has 188 valence electrons. The second-order valence-corrected chi connectivity index (χ2v) is 8.50. The van der Waals surface area contributed by atoms with Crippen molar-refractivity contribution < 1.29 is 23.5 Å². The zero-order valence-electron chi connectivity index (χ0n) is 20.9. The lowest BCUT2D eigenvalue weighted by atomic mass is 9.80. The van der Waals surface area contributed by atoms with Gasteiger partial charge in [0.25, 0.3) is 0 Å². The molecule has 0 spiro atoms. The van der Waals surface area contributed by atoms with Crippen LogP contribution in [0.4, 0.5) is 4.39 Å². The summed E-state index contributed by atoms with van der Waals surface area (Å²) in [5, 5.41) is 3.36. The van der Waals surface area contributed by atoms with Crippen LogP contribution in [0.15, 0.2) is 46.8 Å². The van der Waals surface area contributed by atoms with E-state index in [0.717, 1.165) is 12.1 Å². The molecule has 2 atom stereocenters. The third-order valence-corrected chi connectivity index (χ3v) is 5.67. The molecule has 7 heteroatoms. The molecule has 1 aliphatic carbocycles. The standard InChI is InChI=1S/C27H39FN2O4/c1-6-22(28)12-10-8-9-11-13-23(27(32)34-7-2)25(18-33-15-14-29)30-24-16-21(19(3)4)17-26(31)20(24)5/h1,8-10,12,19,21-22,30H,7,11,13-18,29H2,2-5H3/b9-8-,12-10-,25-23+. The van der Waals surface area contributed by atoms with Gasteiger partial charge in [0.05, 0.1) is 31.1 Å². The lowest BCUT2D eigenvalue weighted by molar-refractivity contribution is -0.138. The van der Waals surface area contributed by atoms with Crippen LogP contribution in [0.2, 0.25) is 0 Å². The van der Waals surface area contributed by atoms with Gasteiger partial charge in [0.2, 0.25) is 0 Å². The molecule has 34 heavy (non-hydrogen) atoms. The topological polar surface area (TPSA) is 90.7 Å². The fourth-order valence-electron chi connectivity index (χ4n) is 3.52. The molecule has 0 bridgehead atoms. The number of allylic oxidation sites excluding steroid dienone is 6. The molecule has 0 amide bonds. The molecular formula is C27H39FN2O4. The summed E-state index contributed by atoms with van der Waals surface area (Å²) in [6.45, 7) is 8.82. The third-order valence-electron chi connectivity index (χ3n) is 5.67. The molecule has 0 fully saturated rings. The average Bonchev–Trinajstić information content (AvgIpc) is 2.80. The van der Waals surface area contributed by atoms with Crippen molar-refractivity contribution in [3.63, 3.8) is 0 Å². The monoisotopic (exact) mass is 474 g/mol. The number of terminal acetylenes is 1. The molecule has 0 saturated heterocycles. The van der Waals surface area contributed by atoms with Crippen LogP contribution in [0.25, 0.3) is 0 Å². The number of carbonyl (C=O) groups excluding carboxylic acids is 2. The number of hydrogen-bond acceptors (Lipinski definition) is 6. The van der Waals surface area contributed by atoms with Crippen molar-refractivity contribution >= 4 is 11.8 Å². The summed E-state index contributed by atoms with van der Waals surface area (Å²) < 4.78 is 24.1. The zero-order chi connectivity index (χ0) is 25.5. The summed E-state index contributed by atoms with van der Waals surface area (Å²) in [4.78, 5) is 25.4. The first kappa shape index (κ1) is 29.3. The van der Waals surface area contributed by atoms with Crippen molar-refractivity contribution in [2.24, 2.45) is 17.6 Å². The van der Waals surface area contributed by atoms with Crippen LogP contribution in [0.5, 0.6) is 0 Å². The maximum absolute atomic E-state index is 13.1. The van der Waals surface area contributed by atoms with E-state index in [0.29, 0.717) is 55.2 Å². The summed E-state index contributed by atoms with van der Waals surface area (Å²) in [5.41, 5.74) is 8.07. The number of ether oxygens (including phenoxy) is 2. The summed E-state index contributed by atoms with van der Waals surface area (Å²) >= 11 is 0. The molecule has 0 saturated carbocycles. The Morgan fingerprint density at radius 1 is 1.35 bits per heavy atom. The van der Waals surface area contributed by atoms with Crippen molar-refractivity contribution in [3.05, 3.63) is 46.8 Å². The van der Waals surface area contributed by atoms with Crippen molar-refractivity contribution in [1.29, 1.82) is 0 Å². The van der Waals surface area contributed by atoms with E-state index in [2.05, 4.69) is 19.2 Å². The molecule has 0 aromatic rings. The number of nitrogens with one attached hydrogen (secondary N) is 1. The fourth-order valence-corrected chi connectivity index (χ4v) is 3.52. The molecule has 0 radical (unpaired) electrons. The predicted octanol–water partition coefficient (Wildman–Crippen LogP) is 4.14. The molecular weight excluding hydrogens is 435 g/mol. The van der Waals surface area contributed by atoms with Gasteiger partial charge in [-0.05, 0) is 51.0 Å². The number of halogens is 1. The van der Waals surface area contributed by atoms with E-state index in [1.807, 2.05) is 18.9 Å². The van der Waals surface area contributed by atoms with Gasteiger partial charge in [0.15, 0.2) is 12.0 Å². The second-order valence-electron chi connectivity index (χ2n) is 8.50. The maximum atomic E-state index is 13.1. The maximum Gasteiger partial charge on any atom is 0.335 e. The Balaban J connectivity index is 3.22. The van der Waals surface area contributed by atoms with Gasteiger partial charge in [-0.25, -0.2) is 9.18 Å². The van der Waals surface area contributed by atoms with Crippen molar-refractivity contribution in [3.8, 4) is 12.3 Å². The molecule has 3 N–H and O–H groups in total. The molecule has 1 rings (SSSR count). The number of hydrogen-bond donors (Lipinski definition) is 2. The van der Waals surface area contributed by atoms with E-state index >= 15 is 0 Å². The van der Waals surface area contributed by atoms with Crippen molar-refractivity contribution in [2.75, 3.05) is 26.4 Å². The molecule has 0 aromatic heterocycles. The minimum absolute atomic E-state index is 0.111. The third kappa shape index (κ3) is 10.1. The number of nitrogens with two attached hydrogens (primary N) is 1. The van der Waals surface area contributed by atoms with Crippen LogP contribution in [-0.4, -0.2) is 44.3 Å². The molecule has 0 heterocycles. The van der Waals surface area contributed by atoms with E-state index in [4.69, 9.17) is 21.6 Å². The Morgan fingerprint density at radius 2 is 2.09 bits per heavy atom. The van der Waals surface area contributed by atoms with Crippen LogP contribution in [0.3, 0.4) is 0 Å². The largest absolute Gasteiger partial charge is 0.463 e. The van der Waals surface area contributed by atoms with E-state index in [1.54, 1.807) is 13.0 Å². The van der Waals surface area contributed by atoms with E-state index in [9.17, 15) is 14.0 Å². The Hall–Kier alpha value is -2.69. The zero-order valence-corrected chi connectivity index (χ0v) is 20.9. The summed E-state index contributed by atoms with van der Waals surface area (Å²) in [5.74, 6) is 2.24. The summed E-state index contributed by atoms with van der Waals surface area (Å²) in [6, 6.07) is 0. The number of ketones is 1. The molecule has 1 aliphatic rings. The van der Waals surface area contributed by atoms with Crippen LogP contribution in [-0.2, 0) is 19.1 Å². The highest BCUT2D eigenvalue weighted by Gasteiger charge is 2.28. The predicted molar refractivity (Wildman–Crippen MR) is 133 cm³/mol. The highest BCUT2D eigenvalue weighted by molar-refractivity contribution is 5.96. The van der Waals surface area contributed by atoms with E-state index in [1.165, 1.54) is 12.2 Å². The van der Waals surface area contributed by atoms with Crippen LogP contribution in [0, 0.1) is 24.2 Å². The first-order valence-electron chi connectivity index (χ1n) is 11.8. The quantitative estimate of drug-likeness (QED) is 0.129. The Morgan fingerprint density at radius 3 is 2.71 bits per heavy atom. The number of Topliss-reactive ketones (excluding diaryl/α,β-unsaturated/α-hetero) is 1. The van der Waals surface area contributed by atoms with Gasteiger partial charge in [-0.3, -0.25) is 4.79 Å². The number of alkyl halides is 1. The van der Waals surface area contributed by atoms with Crippen LogP contribution < -0.4 is 11.1 Å². The van der Waals surface area contributed by atoms with Crippen molar-refractivity contribution in [2.45, 2.75) is 59.5 Å². The minimum atomic E-state index is -1.43. The first-order valence-corrected chi connectivity index (χ1v) is 11.8. The highest BCUT2D eigenvalue weighted by atomic mass is 19.1. The van der Waals surface area contributed by atoms with Gasteiger partial charge in [-0.15, -0.1) is 6.42 Å². The summed E-state index contributed by atoms with van der Waals surface area (Å²) in [6.07, 6.45) is 12.0. The van der Waals surface area contributed by atoms with Crippen molar-refractivity contribution in [1.82, 2.24) is 5.32 Å². The van der Waals surface area contributed by atoms with Gasteiger partial charge < -0.3 is 20.5 Å². The number of esters is 1. The Kier molecular flexibility index (Phi) is 13.8. The van der Waals surface area contributed by atoms with Crippen LogP contribution >= 0.6 is 0 Å². The van der Waals surface area contributed by atoms with Gasteiger partial charge in [0, 0.05) is 24.2 Å². The normalized spacial score (nSPS) is 18.4. The van der Waals surface area contributed by atoms with E-state index in [-0.39, 0.29) is 24.9 Å². The fraction of sp³-hybridized carbons (Fsp3) is 0.556. The lowest BCUT2D eigenvalue weighted by Crippen LogP contribution is -2.31. The van der Waals surface area contributed by atoms with Crippen LogP contribution in [0.1, 0.15) is 53.4 Å². The SMILES string of the molecule is C#CC(F)/C=C\C=C/CC/C(C(=O)OCC)=C(/COCCN)NC1=C(C)C(=O)CC(C(C)C)C1. The molecule has 0 aliphatic heterocycles. The van der Waals surface area contributed by atoms with E-state index < -0.39 is 12.1 Å². The number of carbonyl (C=O) groups is 2. The average molecular weight is 475 g/mol.